The van der Waals surface area contributed by atoms with Crippen molar-refractivity contribution in [2.24, 2.45) is 0 Å². The molecule has 0 saturated carbocycles. The number of rotatable bonds is 4. The molecule has 1 heterocycles. The van der Waals surface area contributed by atoms with Crippen molar-refractivity contribution in [3.63, 3.8) is 0 Å². The number of hydrogen-bond donors (Lipinski definition) is 1. The Labute approximate surface area is 131 Å². The monoisotopic (exact) mass is 295 g/mol. The van der Waals surface area contributed by atoms with E-state index < -0.39 is 0 Å². The molecule has 1 unspecified atom stereocenters. The maximum atomic E-state index is 6.17. The standard InChI is InChI=1S/C19H21NO2/c1-19(11-9-14-3-6-17(21-2)7-4-14)12-10-15-13-16(20)5-8-18(15)22-19/h3-8,10,12-13H,9,11,20H2,1-2H3. The minimum atomic E-state index is -0.289. The lowest BCUT2D eigenvalue weighted by Crippen LogP contribution is -2.32. The highest BCUT2D eigenvalue weighted by atomic mass is 16.5. The summed E-state index contributed by atoms with van der Waals surface area (Å²) < 4.78 is 11.4. The molecule has 0 radical (unpaired) electrons. The molecule has 1 aliphatic heterocycles. The Morgan fingerprint density at radius 3 is 2.64 bits per heavy atom. The van der Waals surface area contributed by atoms with Crippen LogP contribution < -0.4 is 15.2 Å². The Balaban J connectivity index is 1.69. The van der Waals surface area contributed by atoms with Crippen molar-refractivity contribution in [2.75, 3.05) is 12.8 Å². The zero-order valence-electron chi connectivity index (χ0n) is 13.0. The summed E-state index contributed by atoms with van der Waals surface area (Å²) in [6.07, 6.45) is 6.09. The summed E-state index contributed by atoms with van der Waals surface area (Å²) >= 11 is 0. The van der Waals surface area contributed by atoms with Gasteiger partial charge in [-0.3, -0.25) is 0 Å². The molecule has 2 aromatic rings. The van der Waals surface area contributed by atoms with Crippen LogP contribution in [0.15, 0.2) is 48.5 Å². The number of fused-ring (bicyclic) bond motifs is 1. The first-order chi connectivity index (χ1) is 10.6. The molecule has 0 aliphatic carbocycles. The fourth-order valence-corrected chi connectivity index (χ4v) is 2.66. The van der Waals surface area contributed by atoms with Crippen molar-refractivity contribution in [1.29, 1.82) is 0 Å². The van der Waals surface area contributed by atoms with E-state index in [4.69, 9.17) is 15.2 Å². The third-order valence-electron chi connectivity index (χ3n) is 4.06. The van der Waals surface area contributed by atoms with Gasteiger partial charge in [-0.25, -0.2) is 0 Å². The first-order valence-electron chi connectivity index (χ1n) is 7.49. The van der Waals surface area contributed by atoms with E-state index in [1.165, 1.54) is 5.56 Å². The smallest absolute Gasteiger partial charge is 0.127 e. The average molecular weight is 295 g/mol. The Hall–Kier alpha value is -2.42. The van der Waals surface area contributed by atoms with E-state index in [9.17, 15) is 0 Å². The third-order valence-corrected chi connectivity index (χ3v) is 4.06. The van der Waals surface area contributed by atoms with Crippen LogP contribution in [0, 0.1) is 0 Å². The zero-order valence-corrected chi connectivity index (χ0v) is 13.0. The van der Waals surface area contributed by atoms with Gasteiger partial charge in [-0.2, -0.15) is 0 Å². The number of aryl methyl sites for hydroxylation is 1. The Morgan fingerprint density at radius 2 is 1.91 bits per heavy atom. The molecule has 0 saturated heterocycles. The lowest BCUT2D eigenvalue weighted by Gasteiger charge is -2.32. The lowest BCUT2D eigenvalue weighted by molar-refractivity contribution is 0.128. The van der Waals surface area contributed by atoms with Gasteiger partial charge in [-0.1, -0.05) is 18.2 Å². The number of ether oxygens (including phenoxy) is 2. The van der Waals surface area contributed by atoms with Crippen LogP contribution in [0.4, 0.5) is 5.69 Å². The van der Waals surface area contributed by atoms with Crippen LogP contribution in [0.3, 0.4) is 0 Å². The maximum Gasteiger partial charge on any atom is 0.127 e. The third kappa shape index (κ3) is 3.08. The highest BCUT2D eigenvalue weighted by molar-refractivity contribution is 5.65. The average Bonchev–Trinajstić information content (AvgIpc) is 2.54. The fourth-order valence-electron chi connectivity index (χ4n) is 2.66. The van der Waals surface area contributed by atoms with Crippen molar-refractivity contribution in [3.05, 3.63) is 59.7 Å². The SMILES string of the molecule is COc1ccc(CCC2(C)C=Cc3cc(N)ccc3O2)cc1. The molecule has 2 N–H and O–H groups in total. The highest BCUT2D eigenvalue weighted by Crippen LogP contribution is 2.34. The lowest BCUT2D eigenvalue weighted by atomic mass is 9.93. The van der Waals surface area contributed by atoms with Crippen LogP contribution in [-0.4, -0.2) is 12.7 Å². The minimum Gasteiger partial charge on any atom is -0.497 e. The summed E-state index contributed by atoms with van der Waals surface area (Å²) in [4.78, 5) is 0. The molecule has 3 nitrogen and oxygen atoms in total. The molecule has 0 bridgehead atoms. The van der Waals surface area contributed by atoms with Gasteiger partial charge in [-0.15, -0.1) is 0 Å². The Morgan fingerprint density at radius 1 is 1.14 bits per heavy atom. The number of hydrogen-bond acceptors (Lipinski definition) is 3. The molecule has 114 valence electrons. The van der Waals surface area contributed by atoms with Gasteiger partial charge in [0, 0.05) is 11.3 Å². The molecule has 0 spiro atoms. The van der Waals surface area contributed by atoms with Gasteiger partial charge in [0.15, 0.2) is 0 Å². The highest BCUT2D eigenvalue weighted by Gasteiger charge is 2.27. The van der Waals surface area contributed by atoms with Crippen LogP contribution >= 0.6 is 0 Å². The van der Waals surface area contributed by atoms with Gasteiger partial charge >= 0.3 is 0 Å². The van der Waals surface area contributed by atoms with E-state index in [2.05, 4.69) is 31.2 Å². The number of anilines is 1. The van der Waals surface area contributed by atoms with Crippen molar-refractivity contribution in [1.82, 2.24) is 0 Å². The second kappa shape index (κ2) is 5.76. The number of methoxy groups -OCH3 is 1. The van der Waals surface area contributed by atoms with Gasteiger partial charge in [0.05, 0.1) is 7.11 Å². The second-order valence-electron chi connectivity index (χ2n) is 5.89. The summed E-state index contributed by atoms with van der Waals surface area (Å²) in [6, 6.07) is 13.9. The van der Waals surface area contributed by atoms with E-state index in [0.29, 0.717) is 0 Å². The Bertz CT molecular complexity index is 691. The number of benzene rings is 2. The van der Waals surface area contributed by atoms with E-state index in [-0.39, 0.29) is 5.60 Å². The topological polar surface area (TPSA) is 44.5 Å². The van der Waals surface area contributed by atoms with Gasteiger partial charge in [0.2, 0.25) is 0 Å². The van der Waals surface area contributed by atoms with Gasteiger partial charge in [0.25, 0.3) is 0 Å². The summed E-state index contributed by atoms with van der Waals surface area (Å²) in [7, 11) is 1.68. The predicted octanol–water partition coefficient (Wildman–Crippen LogP) is 4.07. The zero-order chi connectivity index (χ0) is 15.6. The molecule has 3 heteroatoms. The molecule has 1 aliphatic rings. The molecular weight excluding hydrogens is 274 g/mol. The fraction of sp³-hybridized carbons (Fsp3) is 0.263. The van der Waals surface area contributed by atoms with Gasteiger partial charge < -0.3 is 15.2 Å². The van der Waals surface area contributed by atoms with E-state index in [1.807, 2.05) is 30.3 Å². The molecule has 3 rings (SSSR count). The van der Waals surface area contributed by atoms with Crippen molar-refractivity contribution >= 4 is 11.8 Å². The summed E-state index contributed by atoms with van der Waals surface area (Å²) in [5, 5.41) is 0. The molecule has 0 amide bonds. The maximum absolute atomic E-state index is 6.17. The summed E-state index contributed by atoms with van der Waals surface area (Å²) in [5.74, 6) is 1.78. The first-order valence-corrected chi connectivity index (χ1v) is 7.49. The quantitative estimate of drug-likeness (QED) is 0.865. The van der Waals surface area contributed by atoms with Crippen LogP contribution in [0.5, 0.6) is 11.5 Å². The summed E-state index contributed by atoms with van der Waals surface area (Å²) in [6.45, 7) is 2.12. The van der Waals surface area contributed by atoms with E-state index >= 15 is 0 Å². The van der Waals surface area contributed by atoms with Crippen LogP contribution in [0.25, 0.3) is 6.08 Å². The molecular formula is C19H21NO2. The van der Waals surface area contributed by atoms with E-state index in [0.717, 1.165) is 35.6 Å². The number of nitrogen functional groups attached to an aromatic ring is 1. The molecule has 1 atom stereocenters. The molecule has 2 aromatic carbocycles. The van der Waals surface area contributed by atoms with E-state index in [1.54, 1.807) is 7.11 Å². The van der Waals surface area contributed by atoms with Crippen LogP contribution in [0.1, 0.15) is 24.5 Å². The minimum absolute atomic E-state index is 0.289. The van der Waals surface area contributed by atoms with Crippen LogP contribution in [0.2, 0.25) is 0 Å². The molecule has 0 fully saturated rings. The van der Waals surface area contributed by atoms with Crippen molar-refractivity contribution < 1.29 is 9.47 Å². The summed E-state index contributed by atoms with van der Waals surface area (Å²) in [5.41, 5.74) is 8.60. The molecule has 0 aromatic heterocycles. The van der Waals surface area contributed by atoms with Crippen LogP contribution in [-0.2, 0) is 6.42 Å². The number of nitrogens with two attached hydrogens (primary N) is 1. The normalized spacial score (nSPS) is 19.4. The van der Waals surface area contributed by atoms with Gasteiger partial charge in [-0.05, 0) is 61.7 Å². The predicted molar refractivity (Wildman–Crippen MR) is 90.2 cm³/mol. The van der Waals surface area contributed by atoms with Gasteiger partial charge in [0.1, 0.15) is 17.1 Å². The largest absolute Gasteiger partial charge is 0.497 e. The van der Waals surface area contributed by atoms with Crippen molar-refractivity contribution in [3.8, 4) is 11.5 Å². The van der Waals surface area contributed by atoms with Crippen molar-refractivity contribution in [2.45, 2.75) is 25.4 Å². The molecule has 22 heavy (non-hydrogen) atoms. The second-order valence-corrected chi connectivity index (χ2v) is 5.89. The Kier molecular flexibility index (Phi) is 3.80. The first kappa shape index (κ1) is 14.5.